The Morgan fingerprint density at radius 3 is 2.88 bits per heavy atom. The summed E-state index contributed by atoms with van der Waals surface area (Å²) in [7, 11) is 0. The minimum absolute atomic E-state index is 0.528. The van der Waals surface area contributed by atoms with Gasteiger partial charge in [0.1, 0.15) is 6.07 Å². The number of benzene rings is 1. The summed E-state index contributed by atoms with van der Waals surface area (Å²) < 4.78 is 0. The zero-order chi connectivity index (χ0) is 12.3. The fourth-order valence-electron chi connectivity index (χ4n) is 2.44. The number of anilines is 1. The summed E-state index contributed by atoms with van der Waals surface area (Å²) in [5.41, 5.74) is 2.95. The Kier molecular flexibility index (Phi) is 3.96. The number of para-hydroxylation sites is 1. The average Bonchev–Trinajstić information content (AvgIpc) is 2.79. The van der Waals surface area contributed by atoms with Crippen LogP contribution in [-0.4, -0.2) is 17.5 Å². The van der Waals surface area contributed by atoms with Crippen molar-refractivity contribution < 1.29 is 0 Å². The molecule has 2 atom stereocenters. The van der Waals surface area contributed by atoms with Crippen LogP contribution < -0.4 is 5.32 Å². The van der Waals surface area contributed by atoms with Gasteiger partial charge < -0.3 is 5.32 Å². The minimum Gasteiger partial charge on any atom is -0.381 e. The van der Waals surface area contributed by atoms with Gasteiger partial charge in [0.25, 0.3) is 0 Å². The largest absolute Gasteiger partial charge is 0.381 e. The molecule has 0 saturated heterocycles. The predicted octanol–water partition coefficient (Wildman–Crippen LogP) is 3.56. The molecule has 1 aliphatic rings. The van der Waals surface area contributed by atoms with Gasteiger partial charge in [-0.2, -0.15) is 17.0 Å². The number of nitriles is 1. The van der Waals surface area contributed by atoms with E-state index in [0.717, 1.165) is 22.1 Å². The summed E-state index contributed by atoms with van der Waals surface area (Å²) in [5, 5.41) is 13.5. The number of nitrogens with one attached hydrogen (secondary N) is 1. The number of hydrogen-bond acceptors (Lipinski definition) is 3. The quantitative estimate of drug-likeness (QED) is 0.885. The molecule has 1 aliphatic carbocycles. The smallest absolute Gasteiger partial charge is 0.101 e. The molecule has 1 fully saturated rings. The highest BCUT2D eigenvalue weighted by Crippen LogP contribution is 2.31. The number of aryl methyl sites for hydroxylation is 1. The van der Waals surface area contributed by atoms with Crippen LogP contribution in [0.1, 0.15) is 30.4 Å². The van der Waals surface area contributed by atoms with E-state index in [1.54, 1.807) is 0 Å². The third kappa shape index (κ3) is 2.76. The molecule has 2 nitrogen and oxygen atoms in total. The molecule has 0 bridgehead atoms. The second kappa shape index (κ2) is 5.46. The minimum atomic E-state index is 0.528. The normalized spacial score (nSPS) is 23.4. The maximum absolute atomic E-state index is 9.12. The molecule has 17 heavy (non-hydrogen) atoms. The maximum Gasteiger partial charge on any atom is 0.101 e. The molecule has 1 aromatic rings. The van der Waals surface area contributed by atoms with Gasteiger partial charge >= 0.3 is 0 Å². The molecule has 2 unspecified atom stereocenters. The Morgan fingerprint density at radius 1 is 1.41 bits per heavy atom. The van der Waals surface area contributed by atoms with Crippen LogP contribution >= 0.6 is 11.8 Å². The van der Waals surface area contributed by atoms with Crippen LogP contribution in [0.3, 0.4) is 0 Å². The van der Waals surface area contributed by atoms with Gasteiger partial charge in [0, 0.05) is 11.3 Å². The van der Waals surface area contributed by atoms with E-state index in [1.807, 2.05) is 23.9 Å². The van der Waals surface area contributed by atoms with Gasteiger partial charge in [0.2, 0.25) is 0 Å². The Morgan fingerprint density at radius 2 is 2.24 bits per heavy atom. The number of thioether (sulfide) groups is 1. The van der Waals surface area contributed by atoms with Crippen molar-refractivity contribution in [2.24, 2.45) is 0 Å². The van der Waals surface area contributed by atoms with Gasteiger partial charge in [-0.15, -0.1) is 0 Å². The summed E-state index contributed by atoms with van der Waals surface area (Å²) in [6, 6.07) is 8.68. The molecule has 0 radical (unpaired) electrons. The lowest BCUT2D eigenvalue weighted by Gasteiger charge is -2.17. The zero-order valence-electron chi connectivity index (χ0n) is 10.4. The van der Waals surface area contributed by atoms with Crippen molar-refractivity contribution in [2.45, 2.75) is 37.5 Å². The van der Waals surface area contributed by atoms with E-state index < -0.39 is 0 Å². The van der Waals surface area contributed by atoms with Gasteiger partial charge in [0.05, 0.1) is 11.3 Å². The van der Waals surface area contributed by atoms with E-state index in [0.29, 0.717) is 6.04 Å². The number of rotatable bonds is 3. The SMILES string of the molecule is CSC1CCC(Nc2c(C)cccc2C#N)C1. The lowest BCUT2D eigenvalue weighted by Crippen LogP contribution is -2.17. The highest BCUT2D eigenvalue weighted by molar-refractivity contribution is 7.99. The first-order valence-corrected chi connectivity index (χ1v) is 7.32. The van der Waals surface area contributed by atoms with Crippen molar-refractivity contribution in [3.05, 3.63) is 29.3 Å². The Labute approximate surface area is 107 Å². The van der Waals surface area contributed by atoms with Crippen molar-refractivity contribution in [1.29, 1.82) is 5.26 Å². The molecule has 3 heteroatoms. The summed E-state index contributed by atoms with van der Waals surface area (Å²) in [6.45, 7) is 2.06. The van der Waals surface area contributed by atoms with Crippen LogP contribution in [0.4, 0.5) is 5.69 Å². The van der Waals surface area contributed by atoms with E-state index in [1.165, 1.54) is 19.3 Å². The number of hydrogen-bond donors (Lipinski definition) is 1. The molecule has 90 valence electrons. The van der Waals surface area contributed by atoms with Crippen LogP contribution in [-0.2, 0) is 0 Å². The third-order valence-corrected chi connectivity index (χ3v) is 4.55. The van der Waals surface area contributed by atoms with E-state index in [-0.39, 0.29) is 0 Å². The van der Waals surface area contributed by atoms with Crippen molar-refractivity contribution in [3.8, 4) is 6.07 Å². The monoisotopic (exact) mass is 246 g/mol. The first-order valence-electron chi connectivity index (χ1n) is 6.03. The van der Waals surface area contributed by atoms with Gasteiger partial charge in [-0.1, -0.05) is 12.1 Å². The standard InChI is InChI=1S/C14H18N2S/c1-10-4-3-5-11(9-15)14(10)16-12-6-7-13(8-12)17-2/h3-5,12-13,16H,6-8H2,1-2H3. The summed E-state index contributed by atoms with van der Waals surface area (Å²) in [4.78, 5) is 0. The second-order valence-corrected chi connectivity index (χ2v) is 5.76. The summed E-state index contributed by atoms with van der Waals surface area (Å²) >= 11 is 1.96. The molecule has 0 aromatic heterocycles. The fraction of sp³-hybridized carbons (Fsp3) is 0.500. The zero-order valence-corrected chi connectivity index (χ0v) is 11.2. The molecule has 1 aromatic carbocycles. The summed E-state index contributed by atoms with van der Waals surface area (Å²) in [6.07, 6.45) is 5.89. The van der Waals surface area contributed by atoms with Crippen LogP contribution in [0.5, 0.6) is 0 Å². The molecule has 0 aliphatic heterocycles. The summed E-state index contributed by atoms with van der Waals surface area (Å²) in [5.74, 6) is 0. The first kappa shape index (κ1) is 12.3. The molecule has 1 N–H and O–H groups in total. The molecule has 0 spiro atoms. The van der Waals surface area contributed by atoms with Crippen LogP contribution in [0, 0.1) is 18.3 Å². The molecule has 0 heterocycles. The molecule has 2 rings (SSSR count). The van der Waals surface area contributed by atoms with Crippen molar-refractivity contribution in [2.75, 3.05) is 11.6 Å². The lowest BCUT2D eigenvalue weighted by molar-refractivity contribution is 0.755. The third-order valence-electron chi connectivity index (χ3n) is 3.46. The van der Waals surface area contributed by atoms with E-state index >= 15 is 0 Å². The van der Waals surface area contributed by atoms with Gasteiger partial charge in [-0.05, 0) is 44.1 Å². The molecular formula is C14H18N2S. The van der Waals surface area contributed by atoms with Crippen molar-refractivity contribution in [3.63, 3.8) is 0 Å². The Balaban J connectivity index is 2.12. The van der Waals surface area contributed by atoms with Crippen molar-refractivity contribution in [1.82, 2.24) is 0 Å². The van der Waals surface area contributed by atoms with Crippen LogP contribution in [0.25, 0.3) is 0 Å². The second-order valence-electron chi connectivity index (χ2n) is 4.62. The topological polar surface area (TPSA) is 35.8 Å². The van der Waals surface area contributed by atoms with E-state index in [4.69, 9.17) is 5.26 Å². The first-order chi connectivity index (χ1) is 8.24. The highest BCUT2D eigenvalue weighted by Gasteiger charge is 2.24. The van der Waals surface area contributed by atoms with Crippen molar-refractivity contribution >= 4 is 17.4 Å². The molecule has 1 saturated carbocycles. The van der Waals surface area contributed by atoms with Gasteiger partial charge in [0.15, 0.2) is 0 Å². The van der Waals surface area contributed by atoms with Crippen LogP contribution in [0.15, 0.2) is 18.2 Å². The maximum atomic E-state index is 9.12. The van der Waals surface area contributed by atoms with Gasteiger partial charge in [-0.3, -0.25) is 0 Å². The van der Waals surface area contributed by atoms with E-state index in [2.05, 4.69) is 30.6 Å². The van der Waals surface area contributed by atoms with Gasteiger partial charge in [-0.25, -0.2) is 0 Å². The highest BCUT2D eigenvalue weighted by atomic mass is 32.2. The lowest BCUT2D eigenvalue weighted by atomic mass is 10.1. The average molecular weight is 246 g/mol. The molecular weight excluding hydrogens is 228 g/mol. The molecule has 0 amide bonds. The van der Waals surface area contributed by atoms with E-state index in [9.17, 15) is 0 Å². The Bertz CT molecular complexity index is 436. The Hall–Kier alpha value is -1.14. The predicted molar refractivity (Wildman–Crippen MR) is 74.5 cm³/mol. The fourth-order valence-corrected chi connectivity index (χ4v) is 3.24. The number of nitrogens with zero attached hydrogens (tertiary/aromatic N) is 1. The van der Waals surface area contributed by atoms with Crippen LogP contribution in [0.2, 0.25) is 0 Å².